The molecule has 0 saturated heterocycles. The lowest BCUT2D eigenvalue weighted by molar-refractivity contribution is 0.277. The molecule has 0 aromatic carbocycles. The normalized spacial score (nSPS) is 11.7. The largest absolute Gasteiger partial charge is 0.390 e. The zero-order chi connectivity index (χ0) is 10.6. The van der Waals surface area contributed by atoms with Crippen molar-refractivity contribution < 1.29 is 5.11 Å². The molecule has 1 aromatic rings. The van der Waals surface area contributed by atoms with Gasteiger partial charge in [-0.25, -0.2) is 0 Å². The van der Waals surface area contributed by atoms with Crippen molar-refractivity contribution >= 4 is 10.0 Å². The number of aliphatic hydroxyl groups is 1. The summed E-state index contributed by atoms with van der Waals surface area (Å²) >= 11 is 0. The van der Waals surface area contributed by atoms with Gasteiger partial charge in [-0.05, 0) is 36.2 Å². The Balaban J connectivity index is 2.82. The predicted octanol–water partition coefficient (Wildman–Crippen LogP) is 1.58. The molecule has 2 nitrogen and oxygen atoms in total. The summed E-state index contributed by atoms with van der Waals surface area (Å²) in [5.74, 6) is 3.08. The standard InChI is InChI=1S/C11H15NOS/c1-14(2,3)7-6-10-4-5-11(9-13)12-8-10/h4-5,8,13H,9H2,1-3H3. The zero-order valence-corrected chi connectivity index (χ0v) is 9.56. The molecule has 0 aliphatic heterocycles. The van der Waals surface area contributed by atoms with Gasteiger partial charge in [0.25, 0.3) is 0 Å². The molecule has 1 rings (SSSR count). The minimum absolute atomic E-state index is 0.0156. The van der Waals surface area contributed by atoms with E-state index in [2.05, 4.69) is 34.9 Å². The first-order chi connectivity index (χ1) is 6.51. The van der Waals surface area contributed by atoms with Crippen LogP contribution >= 0.6 is 10.0 Å². The van der Waals surface area contributed by atoms with E-state index in [4.69, 9.17) is 5.11 Å². The molecule has 0 bridgehead atoms. The molecule has 1 aromatic heterocycles. The Hall–Kier alpha value is -0.980. The van der Waals surface area contributed by atoms with Crippen molar-refractivity contribution in [1.82, 2.24) is 4.98 Å². The second-order valence-corrected chi connectivity index (χ2v) is 7.64. The lowest BCUT2D eigenvalue weighted by atomic mass is 10.3. The van der Waals surface area contributed by atoms with E-state index in [1.165, 1.54) is 0 Å². The first-order valence-corrected chi connectivity index (χ1v) is 7.14. The predicted molar refractivity (Wildman–Crippen MR) is 62.4 cm³/mol. The Morgan fingerprint density at radius 1 is 1.36 bits per heavy atom. The lowest BCUT2D eigenvalue weighted by Crippen LogP contribution is -1.89. The van der Waals surface area contributed by atoms with E-state index in [1.54, 1.807) is 12.3 Å². The monoisotopic (exact) mass is 209 g/mol. The molecule has 0 spiro atoms. The van der Waals surface area contributed by atoms with Crippen molar-refractivity contribution in [3.63, 3.8) is 0 Å². The molecule has 76 valence electrons. The van der Waals surface area contributed by atoms with Crippen LogP contribution in [0.3, 0.4) is 0 Å². The van der Waals surface area contributed by atoms with E-state index < -0.39 is 10.0 Å². The number of hydrogen-bond acceptors (Lipinski definition) is 2. The first-order valence-electron chi connectivity index (χ1n) is 4.28. The Kier molecular flexibility index (Phi) is 3.56. The van der Waals surface area contributed by atoms with Crippen LogP contribution in [-0.2, 0) is 6.61 Å². The number of hydrogen-bond donors (Lipinski definition) is 1. The third-order valence-corrected chi connectivity index (χ3v) is 2.20. The van der Waals surface area contributed by atoms with Gasteiger partial charge in [-0.2, -0.15) is 10.0 Å². The zero-order valence-electron chi connectivity index (χ0n) is 8.74. The summed E-state index contributed by atoms with van der Waals surface area (Å²) in [7, 11) is -0.776. The molecule has 0 aliphatic carbocycles. The van der Waals surface area contributed by atoms with E-state index in [-0.39, 0.29) is 6.61 Å². The number of aromatic nitrogens is 1. The third-order valence-electron chi connectivity index (χ3n) is 1.49. The summed E-state index contributed by atoms with van der Waals surface area (Å²) in [5, 5.41) is 12.0. The van der Waals surface area contributed by atoms with Gasteiger partial charge in [0, 0.05) is 11.8 Å². The van der Waals surface area contributed by atoms with Crippen molar-refractivity contribution in [1.29, 1.82) is 0 Å². The third kappa shape index (κ3) is 3.82. The van der Waals surface area contributed by atoms with Crippen LogP contribution in [0.4, 0.5) is 0 Å². The van der Waals surface area contributed by atoms with Gasteiger partial charge in [-0.1, -0.05) is 5.92 Å². The minimum atomic E-state index is -0.776. The van der Waals surface area contributed by atoms with Gasteiger partial charge < -0.3 is 5.11 Å². The Bertz CT molecular complexity index is 354. The fourth-order valence-electron chi connectivity index (χ4n) is 0.804. The number of nitrogens with zero attached hydrogens (tertiary/aromatic N) is 1. The molecule has 0 aliphatic rings. The molecule has 1 N–H and O–H groups in total. The van der Waals surface area contributed by atoms with Gasteiger partial charge >= 0.3 is 0 Å². The van der Waals surface area contributed by atoms with Crippen LogP contribution in [0, 0.1) is 11.2 Å². The van der Waals surface area contributed by atoms with Crippen LogP contribution in [0.15, 0.2) is 18.3 Å². The Labute approximate surface area is 86.7 Å². The van der Waals surface area contributed by atoms with Crippen molar-refractivity contribution in [2.45, 2.75) is 6.61 Å². The van der Waals surface area contributed by atoms with Crippen LogP contribution in [0.2, 0.25) is 0 Å². The quantitative estimate of drug-likeness (QED) is 0.712. The fraction of sp³-hybridized carbons (Fsp3) is 0.364. The SMILES string of the molecule is CS(C)(C)C#Cc1ccc(CO)nc1. The number of aliphatic hydroxyl groups excluding tert-OH is 1. The van der Waals surface area contributed by atoms with Gasteiger partial charge in [-0.15, -0.1) is 0 Å². The van der Waals surface area contributed by atoms with Gasteiger partial charge in [0.15, 0.2) is 0 Å². The molecular weight excluding hydrogens is 194 g/mol. The maximum absolute atomic E-state index is 8.79. The van der Waals surface area contributed by atoms with Crippen molar-refractivity contribution in [3.05, 3.63) is 29.6 Å². The summed E-state index contributed by atoms with van der Waals surface area (Å²) in [4.78, 5) is 4.05. The number of pyridine rings is 1. The van der Waals surface area contributed by atoms with Crippen LogP contribution in [0.5, 0.6) is 0 Å². The topological polar surface area (TPSA) is 33.1 Å². The molecule has 0 fully saturated rings. The van der Waals surface area contributed by atoms with Crippen molar-refractivity contribution in [2.24, 2.45) is 0 Å². The maximum atomic E-state index is 8.79. The molecule has 0 unspecified atom stereocenters. The van der Waals surface area contributed by atoms with Gasteiger partial charge in [-0.3, -0.25) is 4.98 Å². The molecule has 3 heteroatoms. The van der Waals surface area contributed by atoms with Gasteiger partial charge in [0.05, 0.1) is 12.3 Å². The van der Waals surface area contributed by atoms with Crippen LogP contribution in [-0.4, -0.2) is 28.9 Å². The molecule has 0 atom stereocenters. The summed E-state index contributed by atoms with van der Waals surface area (Å²) in [6.45, 7) is -0.0156. The average molecular weight is 209 g/mol. The van der Waals surface area contributed by atoms with Crippen LogP contribution in [0.1, 0.15) is 11.3 Å². The smallest absolute Gasteiger partial charge is 0.0852 e. The van der Waals surface area contributed by atoms with E-state index in [9.17, 15) is 0 Å². The highest BCUT2D eigenvalue weighted by Gasteiger charge is 1.96. The Morgan fingerprint density at radius 3 is 2.50 bits per heavy atom. The fourth-order valence-corrected chi connectivity index (χ4v) is 1.23. The molecule has 1 heterocycles. The highest BCUT2D eigenvalue weighted by atomic mass is 32.3. The highest BCUT2D eigenvalue weighted by Crippen LogP contribution is 2.32. The minimum Gasteiger partial charge on any atom is -0.390 e. The highest BCUT2D eigenvalue weighted by molar-refractivity contribution is 8.35. The summed E-state index contributed by atoms with van der Waals surface area (Å²) in [6.07, 6.45) is 8.14. The summed E-state index contributed by atoms with van der Waals surface area (Å²) < 4.78 is 0. The van der Waals surface area contributed by atoms with Crippen LogP contribution < -0.4 is 0 Å². The molecular formula is C11H15NOS. The van der Waals surface area contributed by atoms with Crippen LogP contribution in [0.25, 0.3) is 0 Å². The summed E-state index contributed by atoms with van der Waals surface area (Å²) in [5.41, 5.74) is 1.59. The molecule has 0 radical (unpaired) electrons. The van der Waals surface area contributed by atoms with E-state index >= 15 is 0 Å². The van der Waals surface area contributed by atoms with E-state index in [0.29, 0.717) is 5.69 Å². The molecule has 14 heavy (non-hydrogen) atoms. The number of rotatable bonds is 1. The van der Waals surface area contributed by atoms with Gasteiger partial charge in [0.1, 0.15) is 0 Å². The summed E-state index contributed by atoms with van der Waals surface area (Å²) in [6, 6.07) is 3.68. The van der Waals surface area contributed by atoms with E-state index in [0.717, 1.165) is 5.56 Å². The second kappa shape index (κ2) is 4.50. The molecule has 0 amide bonds. The molecule has 0 saturated carbocycles. The lowest BCUT2D eigenvalue weighted by Gasteiger charge is -2.14. The van der Waals surface area contributed by atoms with Crippen molar-refractivity contribution in [3.8, 4) is 11.2 Å². The Morgan fingerprint density at radius 2 is 2.07 bits per heavy atom. The van der Waals surface area contributed by atoms with Gasteiger partial charge in [0.2, 0.25) is 0 Å². The van der Waals surface area contributed by atoms with E-state index in [1.807, 2.05) is 6.07 Å². The second-order valence-electron chi connectivity index (χ2n) is 3.76. The average Bonchev–Trinajstić information content (AvgIpc) is 2.14. The first kappa shape index (κ1) is 11.1. The van der Waals surface area contributed by atoms with Crippen molar-refractivity contribution in [2.75, 3.05) is 18.8 Å². The maximum Gasteiger partial charge on any atom is 0.0852 e.